The van der Waals surface area contributed by atoms with Crippen molar-refractivity contribution in [2.75, 3.05) is 7.11 Å². The summed E-state index contributed by atoms with van der Waals surface area (Å²) in [5.41, 5.74) is 3.63. The van der Waals surface area contributed by atoms with Crippen molar-refractivity contribution in [2.45, 2.75) is 5.79 Å². The molecule has 0 aliphatic carbocycles. The lowest BCUT2D eigenvalue weighted by molar-refractivity contribution is -0.384. The fourth-order valence-corrected chi connectivity index (χ4v) is 4.57. The average Bonchev–Trinajstić information content (AvgIpc) is 2.87. The van der Waals surface area contributed by atoms with Crippen molar-refractivity contribution in [3.8, 4) is 17.2 Å². The molecular weight excluding hydrogens is 430 g/mol. The zero-order valence-corrected chi connectivity index (χ0v) is 18.2. The molecule has 2 aliphatic rings. The number of ether oxygens (including phenoxy) is 3. The van der Waals surface area contributed by atoms with Crippen LogP contribution in [-0.2, 0) is 0 Å². The largest absolute Gasteiger partial charge is 0.493 e. The first-order valence-electron chi connectivity index (χ1n) is 10.8. The molecule has 4 aromatic rings. The summed E-state index contributed by atoms with van der Waals surface area (Å²) < 4.78 is 18.7. The predicted molar refractivity (Wildman–Crippen MR) is 131 cm³/mol. The Morgan fingerprint density at radius 3 is 2.59 bits per heavy atom. The van der Waals surface area contributed by atoms with E-state index in [-0.39, 0.29) is 5.69 Å². The van der Waals surface area contributed by atoms with E-state index in [2.05, 4.69) is 6.08 Å². The highest BCUT2D eigenvalue weighted by molar-refractivity contribution is 5.97. The summed E-state index contributed by atoms with van der Waals surface area (Å²) in [7, 11) is 1.61. The number of nitrogens with zero attached hydrogens (tertiary/aromatic N) is 1. The average molecular weight is 449 g/mol. The van der Waals surface area contributed by atoms with Gasteiger partial charge in [-0.25, -0.2) is 0 Å². The van der Waals surface area contributed by atoms with Gasteiger partial charge in [-0.3, -0.25) is 10.1 Å². The standard InChI is InChI=1S/C28H19NO5/c1-32-26-9-5-8-20-17-24(18-6-3-2-4-7-18)28(34-27(20)26)15-14-23-22-12-11-21(29(30)31)16-19(22)10-13-25(23)33-28/h2-17H,1H3. The number of non-ortho nitro benzene ring substituents is 1. The van der Waals surface area contributed by atoms with Crippen LogP contribution >= 0.6 is 0 Å². The van der Waals surface area contributed by atoms with Gasteiger partial charge in [0.2, 0.25) is 0 Å². The molecule has 1 atom stereocenters. The maximum Gasteiger partial charge on any atom is 0.299 e. The van der Waals surface area contributed by atoms with Crippen LogP contribution in [0.3, 0.4) is 0 Å². The van der Waals surface area contributed by atoms with E-state index in [0.717, 1.165) is 33.0 Å². The van der Waals surface area contributed by atoms with Crippen LogP contribution in [0.2, 0.25) is 0 Å². The lowest BCUT2D eigenvalue weighted by atomic mass is 9.89. The van der Waals surface area contributed by atoms with Gasteiger partial charge in [-0.2, -0.15) is 0 Å². The van der Waals surface area contributed by atoms with E-state index in [9.17, 15) is 10.1 Å². The minimum Gasteiger partial charge on any atom is -0.493 e. The van der Waals surface area contributed by atoms with E-state index >= 15 is 0 Å². The van der Waals surface area contributed by atoms with Crippen LogP contribution in [0.1, 0.15) is 16.7 Å². The zero-order chi connectivity index (χ0) is 23.3. The van der Waals surface area contributed by atoms with Crippen LogP contribution in [0.5, 0.6) is 17.2 Å². The highest BCUT2D eigenvalue weighted by atomic mass is 16.7. The molecule has 0 aromatic heterocycles. The van der Waals surface area contributed by atoms with Crippen molar-refractivity contribution in [2.24, 2.45) is 0 Å². The molecule has 6 rings (SSSR count). The van der Waals surface area contributed by atoms with Crippen molar-refractivity contribution in [1.82, 2.24) is 0 Å². The summed E-state index contributed by atoms with van der Waals surface area (Å²) in [5.74, 6) is 0.650. The maximum absolute atomic E-state index is 11.2. The summed E-state index contributed by atoms with van der Waals surface area (Å²) in [6.07, 6.45) is 5.92. The molecule has 1 unspecified atom stereocenters. The van der Waals surface area contributed by atoms with Gasteiger partial charge < -0.3 is 14.2 Å². The SMILES string of the molecule is COc1cccc2c1OC1(C=Cc3c(ccc4cc([N+](=O)[O-])ccc34)O1)C(c1ccccc1)=C2. The highest BCUT2D eigenvalue weighted by Gasteiger charge is 2.44. The molecule has 6 heteroatoms. The number of nitro groups is 1. The lowest BCUT2D eigenvalue weighted by Crippen LogP contribution is -2.44. The normalized spacial score (nSPS) is 17.9. The Bertz CT molecular complexity index is 1520. The monoisotopic (exact) mass is 449 g/mol. The fourth-order valence-electron chi connectivity index (χ4n) is 4.57. The molecule has 0 saturated carbocycles. The number of para-hydroxylation sites is 1. The second-order valence-electron chi connectivity index (χ2n) is 8.15. The molecule has 0 bridgehead atoms. The smallest absolute Gasteiger partial charge is 0.299 e. The molecule has 0 N–H and O–H groups in total. The van der Waals surface area contributed by atoms with Crippen LogP contribution in [0.25, 0.3) is 28.5 Å². The first kappa shape index (κ1) is 20.1. The third-order valence-electron chi connectivity index (χ3n) is 6.19. The van der Waals surface area contributed by atoms with Crippen molar-refractivity contribution in [3.05, 3.63) is 112 Å². The van der Waals surface area contributed by atoms with E-state index in [4.69, 9.17) is 14.2 Å². The summed E-state index contributed by atoms with van der Waals surface area (Å²) in [6.45, 7) is 0. The first-order valence-corrected chi connectivity index (χ1v) is 10.8. The molecule has 0 fully saturated rings. The second-order valence-corrected chi connectivity index (χ2v) is 8.15. The van der Waals surface area contributed by atoms with Gasteiger partial charge in [-0.15, -0.1) is 0 Å². The zero-order valence-electron chi connectivity index (χ0n) is 18.2. The number of methoxy groups -OCH3 is 1. The number of rotatable bonds is 3. The van der Waals surface area contributed by atoms with Gasteiger partial charge in [-0.05, 0) is 46.7 Å². The van der Waals surface area contributed by atoms with Gasteiger partial charge in [-0.1, -0.05) is 48.5 Å². The molecule has 34 heavy (non-hydrogen) atoms. The van der Waals surface area contributed by atoms with E-state index in [1.807, 2.05) is 72.8 Å². The van der Waals surface area contributed by atoms with Gasteiger partial charge >= 0.3 is 0 Å². The van der Waals surface area contributed by atoms with Crippen molar-refractivity contribution in [1.29, 1.82) is 0 Å². The molecule has 0 amide bonds. The van der Waals surface area contributed by atoms with E-state index < -0.39 is 10.7 Å². The maximum atomic E-state index is 11.2. The van der Waals surface area contributed by atoms with Gasteiger partial charge in [0.05, 0.1) is 12.0 Å². The summed E-state index contributed by atoms with van der Waals surface area (Å²) in [6, 6.07) is 24.2. The highest BCUT2D eigenvalue weighted by Crippen LogP contribution is 2.49. The van der Waals surface area contributed by atoms with Gasteiger partial charge in [0.15, 0.2) is 11.5 Å². The molecule has 166 valence electrons. The minimum absolute atomic E-state index is 0.0539. The molecule has 6 nitrogen and oxygen atoms in total. The Hall–Kier alpha value is -4.58. The van der Waals surface area contributed by atoms with Crippen molar-refractivity contribution < 1.29 is 19.1 Å². The van der Waals surface area contributed by atoms with E-state index in [1.165, 1.54) is 6.07 Å². The van der Waals surface area contributed by atoms with Crippen LogP contribution < -0.4 is 14.2 Å². The molecule has 0 radical (unpaired) electrons. The number of hydrogen-bond donors (Lipinski definition) is 0. The van der Waals surface area contributed by atoms with Crippen molar-refractivity contribution in [3.63, 3.8) is 0 Å². The lowest BCUT2D eigenvalue weighted by Gasteiger charge is -2.40. The Labute approximate surface area is 195 Å². The van der Waals surface area contributed by atoms with Gasteiger partial charge in [0.1, 0.15) is 5.75 Å². The number of benzene rings is 4. The summed E-state index contributed by atoms with van der Waals surface area (Å²) >= 11 is 0. The Morgan fingerprint density at radius 1 is 0.941 bits per heavy atom. The number of nitro benzene ring substituents is 1. The van der Waals surface area contributed by atoms with Crippen LogP contribution in [0, 0.1) is 10.1 Å². The molecule has 1 spiro atoms. The first-order chi connectivity index (χ1) is 16.6. The third-order valence-corrected chi connectivity index (χ3v) is 6.19. The predicted octanol–water partition coefficient (Wildman–Crippen LogP) is 6.49. The third kappa shape index (κ3) is 3.03. The van der Waals surface area contributed by atoms with Crippen LogP contribution in [-0.4, -0.2) is 17.8 Å². The summed E-state index contributed by atoms with van der Waals surface area (Å²) in [4.78, 5) is 10.8. The quantitative estimate of drug-likeness (QED) is 0.264. The van der Waals surface area contributed by atoms with Gasteiger partial charge in [0, 0.05) is 34.9 Å². The Balaban J connectivity index is 1.53. The number of fused-ring (bicyclic) bond motifs is 4. The van der Waals surface area contributed by atoms with Crippen molar-refractivity contribution >= 4 is 34.2 Å². The molecule has 2 heterocycles. The topological polar surface area (TPSA) is 70.8 Å². The van der Waals surface area contributed by atoms with E-state index in [0.29, 0.717) is 17.2 Å². The molecular formula is C28H19NO5. The molecule has 4 aromatic carbocycles. The van der Waals surface area contributed by atoms with Crippen LogP contribution in [0.4, 0.5) is 5.69 Å². The van der Waals surface area contributed by atoms with Crippen LogP contribution in [0.15, 0.2) is 84.9 Å². The molecule has 0 saturated heterocycles. The Kier molecular flexibility index (Phi) is 4.42. The summed E-state index contributed by atoms with van der Waals surface area (Å²) in [5, 5.41) is 12.8. The van der Waals surface area contributed by atoms with Gasteiger partial charge in [0.25, 0.3) is 11.5 Å². The number of hydrogen-bond acceptors (Lipinski definition) is 5. The van der Waals surface area contributed by atoms with E-state index in [1.54, 1.807) is 19.2 Å². The fraction of sp³-hybridized carbons (Fsp3) is 0.0714. The minimum atomic E-state index is -1.20. The second kappa shape index (κ2) is 7.49. The Morgan fingerprint density at radius 2 is 1.79 bits per heavy atom. The molecule has 2 aliphatic heterocycles.